The number of aromatic nitrogens is 2. The zero-order valence-corrected chi connectivity index (χ0v) is 13.5. The zero-order chi connectivity index (χ0) is 15.4. The Kier molecular flexibility index (Phi) is 5.15. The highest BCUT2D eigenvalue weighted by Gasteiger charge is 2.10. The standard InChI is InChI=1S/C17H26N4/c1-13-9-14(2)11-15(10-13)16(18)5-7-20(3)12-17-19-6-8-21(17)4/h6,8-11,16H,5,7,12,18H2,1-4H3. The summed E-state index contributed by atoms with van der Waals surface area (Å²) in [5.41, 5.74) is 10.1. The number of aryl methyl sites for hydroxylation is 3. The SMILES string of the molecule is Cc1cc(C)cc(C(N)CCN(C)Cc2nccn2C)c1. The van der Waals surface area contributed by atoms with E-state index in [2.05, 4.69) is 53.5 Å². The lowest BCUT2D eigenvalue weighted by atomic mass is 10.00. The number of imidazole rings is 1. The number of nitrogens with zero attached hydrogens (tertiary/aromatic N) is 3. The molecule has 0 radical (unpaired) electrons. The van der Waals surface area contributed by atoms with Gasteiger partial charge in [-0.2, -0.15) is 0 Å². The lowest BCUT2D eigenvalue weighted by molar-refractivity contribution is 0.301. The summed E-state index contributed by atoms with van der Waals surface area (Å²) in [6.45, 7) is 6.05. The van der Waals surface area contributed by atoms with Gasteiger partial charge in [-0.3, -0.25) is 4.90 Å². The number of hydrogen-bond donors (Lipinski definition) is 1. The van der Waals surface area contributed by atoms with Crippen LogP contribution in [0.25, 0.3) is 0 Å². The van der Waals surface area contributed by atoms with Crippen molar-refractivity contribution in [3.05, 3.63) is 53.1 Å². The summed E-state index contributed by atoms with van der Waals surface area (Å²) < 4.78 is 2.06. The van der Waals surface area contributed by atoms with Crippen LogP contribution in [0.3, 0.4) is 0 Å². The molecule has 1 unspecified atom stereocenters. The quantitative estimate of drug-likeness (QED) is 0.888. The van der Waals surface area contributed by atoms with E-state index in [1.807, 2.05) is 19.4 Å². The summed E-state index contributed by atoms with van der Waals surface area (Å²) >= 11 is 0. The molecule has 0 saturated heterocycles. The minimum atomic E-state index is 0.0902. The van der Waals surface area contributed by atoms with Crippen molar-refractivity contribution in [1.29, 1.82) is 0 Å². The third-order valence-electron chi connectivity index (χ3n) is 3.83. The first-order chi connectivity index (χ1) is 9.95. The normalized spacial score (nSPS) is 12.9. The first kappa shape index (κ1) is 15.7. The van der Waals surface area contributed by atoms with Gasteiger partial charge in [0.2, 0.25) is 0 Å². The summed E-state index contributed by atoms with van der Waals surface area (Å²) in [6.07, 6.45) is 4.76. The molecule has 0 saturated carbocycles. The van der Waals surface area contributed by atoms with E-state index in [9.17, 15) is 0 Å². The molecule has 2 aromatic rings. The Balaban J connectivity index is 1.88. The summed E-state index contributed by atoms with van der Waals surface area (Å²) in [4.78, 5) is 6.62. The van der Waals surface area contributed by atoms with Gasteiger partial charge >= 0.3 is 0 Å². The number of hydrogen-bond acceptors (Lipinski definition) is 3. The maximum atomic E-state index is 6.34. The van der Waals surface area contributed by atoms with E-state index in [1.54, 1.807) is 0 Å². The van der Waals surface area contributed by atoms with Gasteiger partial charge in [-0.15, -0.1) is 0 Å². The fourth-order valence-electron chi connectivity index (χ4n) is 2.62. The second-order valence-corrected chi connectivity index (χ2v) is 6.01. The van der Waals surface area contributed by atoms with Crippen LogP contribution in [0.1, 0.15) is 35.0 Å². The Morgan fingerprint density at radius 1 is 1.24 bits per heavy atom. The van der Waals surface area contributed by atoms with Crippen LogP contribution in [0.15, 0.2) is 30.6 Å². The molecule has 4 heteroatoms. The van der Waals surface area contributed by atoms with E-state index in [1.165, 1.54) is 16.7 Å². The fraction of sp³-hybridized carbons (Fsp3) is 0.471. The molecular weight excluding hydrogens is 260 g/mol. The van der Waals surface area contributed by atoms with Crippen molar-refractivity contribution < 1.29 is 0 Å². The Hall–Kier alpha value is -1.65. The average Bonchev–Trinajstić information content (AvgIpc) is 2.80. The number of rotatable bonds is 6. The number of nitrogens with two attached hydrogens (primary N) is 1. The predicted molar refractivity (Wildman–Crippen MR) is 87.0 cm³/mol. The van der Waals surface area contributed by atoms with Crippen LogP contribution in [-0.4, -0.2) is 28.0 Å². The van der Waals surface area contributed by atoms with Gasteiger partial charge in [-0.1, -0.05) is 29.3 Å². The van der Waals surface area contributed by atoms with E-state index < -0.39 is 0 Å². The summed E-state index contributed by atoms with van der Waals surface area (Å²) in [5, 5.41) is 0. The Bertz CT molecular complexity index is 568. The van der Waals surface area contributed by atoms with Crippen LogP contribution in [0, 0.1) is 13.8 Å². The topological polar surface area (TPSA) is 47.1 Å². The fourth-order valence-corrected chi connectivity index (χ4v) is 2.62. The molecule has 0 bridgehead atoms. The van der Waals surface area contributed by atoms with Gasteiger partial charge in [0.05, 0.1) is 6.54 Å². The zero-order valence-electron chi connectivity index (χ0n) is 13.5. The monoisotopic (exact) mass is 286 g/mol. The van der Waals surface area contributed by atoms with Gasteiger partial charge in [0, 0.05) is 32.0 Å². The molecule has 4 nitrogen and oxygen atoms in total. The molecule has 1 aromatic heterocycles. The summed E-state index contributed by atoms with van der Waals surface area (Å²) in [5.74, 6) is 1.08. The van der Waals surface area contributed by atoms with Crippen molar-refractivity contribution in [1.82, 2.24) is 14.5 Å². The van der Waals surface area contributed by atoms with Crippen molar-refractivity contribution in [2.75, 3.05) is 13.6 Å². The molecule has 2 N–H and O–H groups in total. The molecule has 114 valence electrons. The first-order valence-corrected chi connectivity index (χ1v) is 7.44. The minimum Gasteiger partial charge on any atom is -0.337 e. The number of benzene rings is 1. The highest BCUT2D eigenvalue weighted by molar-refractivity contribution is 5.30. The molecule has 1 aromatic carbocycles. The Morgan fingerprint density at radius 3 is 2.48 bits per heavy atom. The lowest BCUT2D eigenvalue weighted by Gasteiger charge is -2.20. The van der Waals surface area contributed by atoms with E-state index in [4.69, 9.17) is 5.73 Å². The highest BCUT2D eigenvalue weighted by Crippen LogP contribution is 2.18. The van der Waals surface area contributed by atoms with Gasteiger partial charge < -0.3 is 10.3 Å². The molecule has 2 rings (SSSR count). The molecule has 21 heavy (non-hydrogen) atoms. The van der Waals surface area contributed by atoms with E-state index in [0.29, 0.717) is 0 Å². The molecule has 0 aliphatic rings. The third-order valence-corrected chi connectivity index (χ3v) is 3.83. The highest BCUT2D eigenvalue weighted by atomic mass is 15.1. The van der Waals surface area contributed by atoms with E-state index in [0.717, 1.165) is 25.3 Å². The van der Waals surface area contributed by atoms with Crippen molar-refractivity contribution in [3.63, 3.8) is 0 Å². The largest absolute Gasteiger partial charge is 0.337 e. The second-order valence-electron chi connectivity index (χ2n) is 6.01. The lowest BCUT2D eigenvalue weighted by Crippen LogP contribution is -2.24. The molecule has 1 heterocycles. The van der Waals surface area contributed by atoms with Crippen molar-refractivity contribution in [2.24, 2.45) is 12.8 Å². The smallest absolute Gasteiger partial charge is 0.122 e. The Morgan fingerprint density at radius 2 is 1.90 bits per heavy atom. The molecule has 0 aliphatic carbocycles. The maximum Gasteiger partial charge on any atom is 0.122 e. The third kappa shape index (κ3) is 4.41. The second kappa shape index (κ2) is 6.87. The van der Waals surface area contributed by atoms with Gasteiger partial charge in [-0.25, -0.2) is 4.98 Å². The van der Waals surface area contributed by atoms with Crippen LogP contribution in [0.5, 0.6) is 0 Å². The van der Waals surface area contributed by atoms with Crippen LogP contribution < -0.4 is 5.73 Å². The predicted octanol–water partition coefficient (Wildman–Crippen LogP) is 2.56. The van der Waals surface area contributed by atoms with Crippen LogP contribution in [-0.2, 0) is 13.6 Å². The van der Waals surface area contributed by atoms with Gasteiger partial charge in [0.1, 0.15) is 5.82 Å². The molecule has 0 spiro atoms. The van der Waals surface area contributed by atoms with Gasteiger partial charge in [0.15, 0.2) is 0 Å². The first-order valence-electron chi connectivity index (χ1n) is 7.44. The molecule has 1 atom stereocenters. The van der Waals surface area contributed by atoms with Crippen molar-refractivity contribution >= 4 is 0 Å². The maximum absolute atomic E-state index is 6.34. The molecule has 0 fully saturated rings. The van der Waals surface area contributed by atoms with E-state index in [-0.39, 0.29) is 6.04 Å². The van der Waals surface area contributed by atoms with Crippen LogP contribution in [0.4, 0.5) is 0 Å². The summed E-state index contributed by atoms with van der Waals surface area (Å²) in [7, 11) is 4.14. The van der Waals surface area contributed by atoms with Crippen LogP contribution >= 0.6 is 0 Å². The molecular formula is C17H26N4. The van der Waals surface area contributed by atoms with Crippen LogP contribution in [0.2, 0.25) is 0 Å². The van der Waals surface area contributed by atoms with Gasteiger partial charge in [-0.05, 0) is 32.9 Å². The molecule has 0 amide bonds. The van der Waals surface area contributed by atoms with E-state index >= 15 is 0 Å². The van der Waals surface area contributed by atoms with Crippen molar-refractivity contribution in [2.45, 2.75) is 32.9 Å². The van der Waals surface area contributed by atoms with Gasteiger partial charge in [0.25, 0.3) is 0 Å². The minimum absolute atomic E-state index is 0.0902. The molecule has 0 aliphatic heterocycles. The Labute approximate surface area is 127 Å². The average molecular weight is 286 g/mol. The van der Waals surface area contributed by atoms with Crippen molar-refractivity contribution in [3.8, 4) is 0 Å². The summed E-state index contributed by atoms with van der Waals surface area (Å²) in [6, 6.07) is 6.66.